The number of aromatic nitrogens is 2. The minimum absolute atomic E-state index is 0.00331. The minimum Gasteiger partial charge on any atom is -0.471 e. The molecular weight excluding hydrogens is 561 g/mol. The molecule has 2 aromatic rings. The van der Waals surface area contributed by atoms with Crippen LogP contribution in [0.1, 0.15) is 5.69 Å². The van der Waals surface area contributed by atoms with E-state index in [1.165, 1.54) is 24.8 Å². The van der Waals surface area contributed by atoms with Crippen LogP contribution in [0.5, 0.6) is 5.88 Å². The summed E-state index contributed by atoms with van der Waals surface area (Å²) in [7, 11) is 1.18. The molecule has 2 unspecified atom stereocenters. The van der Waals surface area contributed by atoms with Crippen molar-refractivity contribution >= 4 is 57.7 Å². The Bertz CT molecular complexity index is 1330. The molecule has 2 aliphatic rings. The molecule has 0 bridgehead atoms. The number of nitrogens with one attached hydrogen (secondary N) is 1. The number of β-lactam (4-membered cyclic amide) rings is 1. The molecule has 0 saturated carbocycles. The van der Waals surface area contributed by atoms with Crippen molar-refractivity contribution in [1.82, 2.24) is 20.4 Å². The van der Waals surface area contributed by atoms with Crippen LogP contribution >= 0.6 is 23.1 Å². The van der Waals surface area contributed by atoms with Crippen LogP contribution in [-0.4, -0.2) is 81.6 Å². The van der Waals surface area contributed by atoms with Crippen molar-refractivity contribution in [2.24, 2.45) is 5.16 Å². The van der Waals surface area contributed by atoms with Gasteiger partial charge < -0.3 is 29.9 Å². The zero-order chi connectivity index (χ0) is 27.6. The maximum absolute atomic E-state index is 13.0. The Morgan fingerprint density at radius 3 is 2.74 bits per heavy atom. The number of rotatable bonds is 8. The number of oxime groups is 1. The Labute approximate surface area is 217 Å². The van der Waals surface area contributed by atoms with Gasteiger partial charge in [0.25, 0.3) is 17.7 Å². The van der Waals surface area contributed by atoms with E-state index in [0.717, 1.165) is 28.0 Å². The third-order valence-corrected chi connectivity index (χ3v) is 6.93. The van der Waals surface area contributed by atoms with Crippen molar-refractivity contribution in [3.05, 3.63) is 34.7 Å². The van der Waals surface area contributed by atoms with E-state index in [0.29, 0.717) is 0 Å². The van der Waals surface area contributed by atoms with Crippen LogP contribution in [0, 0.1) is 0 Å². The number of nitrogens with zero attached hydrogens (tertiary/aromatic N) is 4. The van der Waals surface area contributed by atoms with Crippen LogP contribution in [0.25, 0.3) is 0 Å². The number of hydrogen-bond acceptors (Lipinski definition) is 14. The third kappa shape index (κ3) is 5.42. The van der Waals surface area contributed by atoms with E-state index >= 15 is 0 Å². The number of nitrogens with two attached hydrogens (primary N) is 1. The van der Waals surface area contributed by atoms with Crippen molar-refractivity contribution in [2.45, 2.75) is 17.6 Å². The van der Waals surface area contributed by atoms with Crippen LogP contribution in [0.3, 0.4) is 0 Å². The van der Waals surface area contributed by atoms with E-state index in [2.05, 4.69) is 34.7 Å². The maximum atomic E-state index is 13.0. The first kappa shape index (κ1) is 26.9. The van der Waals surface area contributed by atoms with Crippen LogP contribution in [0.4, 0.5) is 18.3 Å². The van der Waals surface area contributed by atoms with E-state index in [1.807, 2.05) is 0 Å². The molecule has 2 aromatic heterocycles. The van der Waals surface area contributed by atoms with Gasteiger partial charge in [0.15, 0.2) is 10.8 Å². The summed E-state index contributed by atoms with van der Waals surface area (Å²) in [6.07, 6.45) is -4.26. The number of hydrogen-bond donors (Lipinski definition) is 2. The van der Waals surface area contributed by atoms with Gasteiger partial charge in [0, 0.05) is 22.8 Å². The summed E-state index contributed by atoms with van der Waals surface area (Å²) in [5.74, 6) is -6.25. The Morgan fingerprint density at radius 2 is 2.13 bits per heavy atom. The summed E-state index contributed by atoms with van der Waals surface area (Å²) < 4.78 is 52.0. The number of carbonyl (C=O) groups is 4. The van der Waals surface area contributed by atoms with Gasteiger partial charge in [-0.3, -0.25) is 14.5 Å². The average molecular weight is 576 g/mol. The molecule has 4 heterocycles. The van der Waals surface area contributed by atoms with Crippen molar-refractivity contribution in [2.75, 3.05) is 25.2 Å². The molecule has 202 valence electrons. The molecule has 0 aromatic carbocycles. The molecule has 1 fully saturated rings. The molecule has 19 heteroatoms. The first-order chi connectivity index (χ1) is 18.0. The lowest BCUT2D eigenvalue weighted by molar-refractivity contribution is -0.201. The molecule has 2 aliphatic heterocycles. The second kappa shape index (κ2) is 10.7. The van der Waals surface area contributed by atoms with E-state index in [4.69, 9.17) is 10.5 Å². The van der Waals surface area contributed by atoms with Crippen molar-refractivity contribution in [3.8, 4) is 5.88 Å². The van der Waals surface area contributed by atoms with Gasteiger partial charge in [0.05, 0.1) is 0 Å². The summed E-state index contributed by atoms with van der Waals surface area (Å²) in [5, 5.41) is 10.2. The SMILES string of the molecule is CO/N=C(\C(=O)NC1C(=O)N2C(C(=O)OC(=O)C(F)(F)F)=C(COc3ccon3)CSC12)c1csc(N)n1. The fourth-order valence-corrected chi connectivity index (χ4v) is 5.19. The quantitative estimate of drug-likeness (QED) is 0.145. The van der Waals surface area contributed by atoms with Crippen molar-refractivity contribution in [3.63, 3.8) is 0 Å². The summed E-state index contributed by atoms with van der Waals surface area (Å²) in [6.45, 7) is -0.395. The molecule has 0 radical (unpaired) electrons. The van der Waals surface area contributed by atoms with Crippen LogP contribution < -0.4 is 15.8 Å². The number of nitrogen functional groups attached to an aromatic ring is 1. The van der Waals surface area contributed by atoms with Gasteiger partial charge in [-0.1, -0.05) is 5.16 Å². The summed E-state index contributed by atoms with van der Waals surface area (Å²) >= 11 is 2.10. The van der Waals surface area contributed by atoms with Crippen LogP contribution in [0.15, 0.2) is 38.7 Å². The van der Waals surface area contributed by atoms with Crippen molar-refractivity contribution in [1.29, 1.82) is 0 Å². The molecule has 3 N–H and O–H groups in total. The normalized spacial score (nSPS) is 19.4. The predicted molar refractivity (Wildman–Crippen MR) is 121 cm³/mol. The number of carbonyl (C=O) groups excluding carboxylic acids is 4. The lowest BCUT2D eigenvalue weighted by Gasteiger charge is -2.49. The second-order valence-corrected chi connectivity index (χ2v) is 9.30. The molecule has 14 nitrogen and oxygen atoms in total. The van der Waals surface area contributed by atoms with Crippen LogP contribution in [0.2, 0.25) is 0 Å². The maximum Gasteiger partial charge on any atom is 0.491 e. The first-order valence-electron chi connectivity index (χ1n) is 10.2. The van der Waals surface area contributed by atoms with Gasteiger partial charge >= 0.3 is 18.1 Å². The number of thioether (sulfide) groups is 1. The molecule has 1 saturated heterocycles. The second-order valence-electron chi connectivity index (χ2n) is 7.31. The highest BCUT2D eigenvalue weighted by molar-refractivity contribution is 8.00. The summed E-state index contributed by atoms with van der Waals surface area (Å²) in [4.78, 5) is 59.2. The molecule has 4 rings (SSSR count). The number of thiazole rings is 1. The van der Waals surface area contributed by atoms with E-state index in [9.17, 15) is 32.3 Å². The fourth-order valence-electron chi connectivity index (χ4n) is 3.31. The van der Waals surface area contributed by atoms with Gasteiger partial charge in [-0.15, -0.1) is 23.1 Å². The Kier molecular flexibility index (Phi) is 7.58. The lowest BCUT2D eigenvalue weighted by Crippen LogP contribution is -2.71. The number of alkyl halides is 3. The number of halogens is 3. The Hall–Kier alpha value is -4.13. The standard InChI is InChI=1S/C19H15F3N6O8S2/c1-33-27-10(8-6-38-18(23)24-8)13(29)25-11-14(30)28-12(16(31)36-17(32)19(20,21)22)7(5-37-15(11)28)4-34-9-2-3-35-26-9/h2-3,6,11,15H,4-5H2,1H3,(H2,23,24)(H,25,29)/b27-10-. The fraction of sp³-hybridized carbons (Fsp3) is 0.316. The number of anilines is 1. The highest BCUT2D eigenvalue weighted by Gasteiger charge is 2.55. The smallest absolute Gasteiger partial charge is 0.471 e. The average Bonchev–Trinajstić information content (AvgIpc) is 3.54. The van der Waals surface area contributed by atoms with Crippen molar-refractivity contribution < 1.29 is 51.2 Å². The molecule has 0 aliphatic carbocycles. The number of amides is 2. The number of esters is 2. The Balaban J connectivity index is 1.56. The van der Waals surface area contributed by atoms with E-state index in [1.54, 1.807) is 0 Å². The highest BCUT2D eigenvalue weighted by atomic mass is 32.2. The predicted octanol–water partition coefficient (Wildman–Crippen LogP) is 0.429. The minimum atomic E-state index is -5.46. The molecule has 2 amide bonds. The monoisotopic (exact) mass is 576 g/mol. The Morgan fingerprint density at radius 1 is 1.37 bits per heavy atom. The van der Waals surface area contributed by atoms with Gasteiger partial charge in [-0.25, -0.2) is 14.6 Å². The zero-order valence-electron chi connectivity index (χ0n) is 18.9. The largest absolute Gasteiger partial charge is 0.491 e. The van der Waals surface area contributed by atoms with E-state index in [-0.39, 0.29) is 33.7 Å². The third-order valence-electron chi connectivity index (χ3n) is 4.91. The topological polar surface area (TPSA) is 189 Å². The molecule has 0 spiro atoms. The number of fused-ring (bicyclic) bond motifs is 1. The van der Waals surface area contributed by atoms with Crippen LogP contribution in [-0.2, 0) is 28.8 Å². The highest BCUT2D eigenvalue weighted by Crippen LogP contribution is 2.41. The van der Waals surface area contributed by atoms with Gasteiger partial charge in [-0.2, -0.15) is 13.2 Å². The molecule has 38 heavy (non-hydrogen) atoms. The zero-order valence-corrected chi connectivity index (χ0v) is 20.5. The van der Waals surface area contributed by atoms with Gasteiger partial charge in [0.2, 0.25) is 0 Å². The first-order valence-corrected chi connectivity index (χ1v) is 12.1. The summed E-state index contributed by atoms with van der Waals surface area (Å²) in [5.41, 5.74) is 4.79. The molecular formula is C19H15F3N6O8S2. The van der Waals surface area contributed by atoms with Gasteiger partial charge in [-0.05, 0) is 5.16 Å². The molecule has 2 atom stereocenters. The van der Waals surface area contributed by atoms with Gasteiger partial charge in [0.1, 0.15) is 42.8 Å². The van der Waals surface area contributed by atoms with E-state index < -0.39 is 53.6 Å². The number of ether oxygens (including phenoxy) is 2. The summed E-state index contributed by atoms with van der Waals surface area (Å²) in [6, 6.07) is 0.115. The lowest BCUT2D eigenvalue weighted by atomic mass is 10.0.